The number of rotatable bonds is 3. The van der Waals surface area contributed by atoms with Crippen LogP contribution in [0.5, 0.6) is 5.88 Å². The second-order valence-corrected chi connectivity index (χ2v) is 4.68. The topological polar surface area (TPSA) is 82.3 Å². The molecule has 0 unspecified atom stereocenters. The van der Waals surface area contributed by atoms with Crippen molar-refractivity contribution in [1.29, 1.82) is 0 Å². The van der Waals surface area contributed by atoms with Gasteiger partial charge in [-0.05, 0) is 29.2 Å². The fraction of sp³-hybridized carbons (Fsp3) is 0.0909. The third-order valence-corrected chi connectivity index (χ3v) is 3.53. The van der Waals surface area contributed by atoms with Crippen molar-refractivity contribution < 1.29 is 14.5 Å². The van der Waals surface area contributed by atoms with Gasteiger partial charge < -0.3 is 4.74 Å². The van der Waals surface area contributed by atoms with E-state index in [0.29, 0.717) is 10.4 Å². The third-order valence-electron chi connectivity index (χ3n) is 2.19. The molecule has 8 heteroatoms. The zero-order valence-corrected chi connectivity index (χ0v) is 11.2. The van der Waals surface area contributed by atoms with Gasteiger partial charge in [0.2, 0.25) is 0 Å². The summed E-state index contributed by atoms with van der Waals surface area (Å²) in [6.07, 6.45) is 0. The monoisotopic (exact) mass is 298 g/mol. The van der Waals surface area contributed by atoms with Crippen LogP contribution in [0.1, 0.15) is 6.92 Å². The lowest BCUT2D eigenvalue weighted by Gasteiger charge is -1.99. The molecule has 0 N–H and O–H groups in total. The number of non-ortho nitro benzene ring substituents is 1. The lowest BCUT2D eigenvalue weighted by molar-refractivity contribution is -0.384. The highest BCUT2D eigenvalue weighted by atomic mass is 35.5. The number of carbonyl (C=O) groups is 1. The number of nitro groups is 1. The fourth-order valence-corrected chi connectivity index (χ4v) is 2.43. The first-order valence-corrected chi connectivity index (χ1v) is 6.22. The number of nitrogens with zero attached hydrogens (tertiary/aromatic N) is 2. The van der Waals surface area contributed by atoms with Crippen LogP contribution in [0.4, 0.5) is 5.69 Å². The van der Waals surface area contributed by atoms with Crippen molar-refractivity contribution in [2.75, 3.05) is 0 Å². The van der Waals surface area contributed by atoms with Crippen LogP contribution in [-0.2, 0) is 4.79 Å². The SMILES string of the molecule is CC(=O)Oc1nsc(-c2ccc([N+](=O)[O-])cc2)c1Cl. The van der Waals surface area contributed by atoms with E-state index in [9.17, 15) is 14.9 Å². The molecule has 6 nitrogen and oxygen atoms in total. The van der Waals surface area contributed by atoms with E-state index in [1.54, 1.807) is 12.1 Å². The smallest absolute Gasteiger partial charge is 0.309 e. The maximum Gasteiger partial charge on any atom is 0.309 e. The van der Waals surface area contributed by atoms with Crippen molar-refractivity contribution in [1.82, 2.24) is 4.37 Å². The lowest BCUT2D eigenvalue weighted by Crippen LogP contribution is -2.01. The van der Waals surface area contributed by atoms with Gasteiger partial charge in [-0.3, -0.25) is 14.9 Å². The Labute approximate surface area is 116 Å². The predicted octanol–water partition coefficient (Wildman–Crippen LogP) is 3.30. The van der Waals surface area contributed by atoms with Crippen molar-refractivity contribution in [3.05, 3.63) is 39.4 Å². The number of hydrogen-bond acceptors (Lipinski definition) is 6. The van der Waals surface area contributed by atoms with E-state index < -0.39 is 10.9 Å². The minimum atomic E-state index is -0.512. The van der Waals surface area contributed by atoms with Crippen LogP contribution in [0.2, 0.25) is 5.02 Å². The number of hydrogen-bond donors (Lipinski definition) is 0. The summed E-state index contributed by atoms with van der Waals surface area (Å²) >= 11 is 7.10. The second kappa shape index (κ2) is 5.33. The molecule has 0 atom stereocenters. The Balaban J connectivity index is 2.34. The number of carbonyl (C=O) groups excluding carboxylic acids is 1. The molecule has 0 amide bonds. The number of benzene rings is 1. The van der Waals surface area contributed by atoms with Gasteiger partial charge in [0.25, 0.3) is 11.6 Å². The summed E-state index contributed by atoms with van der Waals surface area (Å²) in [5.41, 5.74) is 0.663. The molecule has 0 fully saturated rings. The molecule has 0 aliphatic rings. The van der Waals surface area contributed by atoms with Crippen molar-refractivity contribution in [2.24, 2.45) is 0 Å². The molecule has 1 aromatic carbocycles. The van der Waals surface area contributed by atoms with E-state index in [2.05, 4.69) is 4.37 Å². The summed E-state index contributed by atoms with van der Waals surface area (Å²) in [5.74, 6) is -0.463. The van der Waals surface area contributed by atoms with Gasteiger partial charge >= 0.3 is 5.97 Å². The first-order valence-electron chi connectivity index (χ1n) is 5.07. The molecule has 0 spiro atoms. The molecule has 2 rings (SSSR count). The standard InChI is InChI=1S/C11H7ClN2O4S/c1-6(15)18-11-9(12)10(19-13-11)7-2-4-8(5-3-7)14(16)17/h2-5H,1H3. The number of halogens is 1. The van der Waals surface area contributed by atoms with Gasteiger partial charge in [0.05, 0.1) is 9.80 Å². The highest BCUT2D eigenvalue weighted by molar-refractivity contribution is 7.10. The van der Waals surface area contributed by atoms with Crippen molar-refractivity contribution in [3.63, 3.8) is 0 Å². The van der Waals surface area contributed by atoms with E-state index in [1.807, 2.05) is 0 Å². The molecule has 1 heterocycles. The van der Waals surface area contributed by atoms with Crippen molar-refractivity contribution in [2.45, 2.75) is 6.92 Å². The molecule has 2 aromatic rings. The second-order valence-electron chi connectivity index (χ2n) is 3.53. The molecule has 0 radical (unpaired) electrons. The van der Waals surface area contributed by atoms with E-state index in [-0.39, 0.29) is 16.6 Å². The van der Waals surface area contributed by atoms with E-state index in [4.69, 9.17) is 16.3 Å². The van der Waals surface area contributed by atoms with E-state index >= 15 is 0 Å². The minimum absolute atomic E-state index is 0.00963. The molecule has 0 aliphatic heterocycles. The van der Waals surface area contributed by atoms with Gasteiger partial charge in [0.1, 0.15) is 5.02 Å². The number of ether oxygens (including phenoxy) is 1. The lowest BCUT2D eigenvalue weighted by atomic mass is 10.2. The van der Waals surface area contributed by atoms with Crippen LogP contribution in [0.15, 0.2) is 24.3 Å². The molecular formula is C11H7ClN2O4S. The summed E-state index contributed by atoms with van der Waals surface area (Å²) < 4.78 is 8.75. The van der Waals surface area contributed by atoms with Crippen molar-refractivity contribution in [3.8, 4) is 16.3 Å². The molecule has 98 valence electrons. The summed E-state index contributed by atoms with van der Waals surface area (Å²) in [4.78, 5) is 21.5. The number of esters is 1. The Kier molecular flexibility index (Phi) is 3.77. The molecule has 1 aromatic heterocycles. The first-order chi connectivity index (χ1) is 8.99. The van der Waals surface area contributed by atoms with E-state index in [1.165, 1.54) is 19.1 Å². The minimum Gasteiger partial charge on any atom is -0.405 e. The highest BCUT2D eigenvalue weighted by Gasteiger charge is 2.16. The summed E-state index contributed by atoms with van der Waals surface area (Å²) in [7, 11) is 0. The van der Waals surface area contributed by atoms with Crippen LogP contribution in [-0.4, -0.2) is 15.3 Å². The molecule has 19 heavy (non-hydrogen) atoms. The first kappa shape index (κ1) is 13.4. The molecule has 0 saturated carbocycles. The van der Waals surface area contributed by atoms with Crippen LogP contribution in [0.3, 0.4) is 0 Å². The van der Waals surface area contributed by atoms with Gasteiger partial charge in [0, 0.05) is 19.1 Å². The van der Waals surface area contributed by atoms with Crippen LogP contribution in [0, 0.1) is 10.1 Å². The van der Waals surface area contributed by atoms with Gasteiger partial charge in [-0.1, -0.05) is 11.6 Å². The normalized spacial score (nSPS) is 10.2. The van der Waals surface area contributed by atoms with Crippen LogP contribution >= 0.6 is 23.1 Å². The molecule has 0 bridgehead atoms. The molecule has 0 aliphatic carbocycles. The average molecular weight is 299 g/mol. The van der Waals surface area contributed by atoms with Gasteiger partial charge in [-0.25, -0.2) is 0 Å². The van der Waals surface area contributed by atoms with E-state index in [0.717, 1.165) is 11.5 Å². The Hall–Kier alpha value is -1.99. The number of nitro benzene ring substituents is 1. The van der Waals surface area contributed by atoms with Crippen molar-refractivity contribution >= 4 is 34.8 Å². The zero-order valence-electron chi connectivity index (χ0n) is 9.62. The summed E-state index contributed by atoms with van der Waals surface area (Å²) in [6, 6.07) is 5.87. The summed E-state index contributed by atoms with van der Waals surface area (Å²) in [6.45, 7) is 1.25. The maximum atomic E-state index is 10.8. The summed E-state index contributed by atoms with van der Waals surface area (Å²) in [5, 5.41) is 10.8. The fourth-order valence-electron chi connectivity index (χ4n) is 1.38. The van der Waals surface area contributed by atoms with Crippen LogP contribution in [0.25, 0.3) is 10.4 Å². The molecular weight excluding hydrogens is 292 g/mol. The number of aromatic nitrogens is 1. The third kappa shape index (κ3) is 2.88. The Bertz CT molecular complexity index is 639. The Morgan fingerprint density at radius 3 is 2.58 bits per heavy atom. The Morgan fingerprint density at radius 2 is 2.05 bits per heavy atom. The predicted molar refractivity (Wildman–Crippen MR) is 70.5 cm³/mol. The van der Waals surface area contributed by atoms with Gasteiger partial charge in [-0.2, -0.15) is 4.37 Å². The highest BCUT2D eigenvalue weighted by Crippen LogP contribution is 2.39. The quantitative estimate of drug-likeness (QED) is 0.493. The zero-order chi connectivity index (χ0) is 14.0. The molecule has 0 saturated heterocycles. The average Bonchev–Trinajstić information content (AvgIpc) is 2.70. The Morgan fingerprint density at radius 1 is 1.42 bits per heavy atom. The van der Waals surface area contributed by atoms with Gasteiger partial charge in [0.15, 0.2) is 0 Å². The van der Waals surface area contributed by atoms with Crippen LogP contribution < -0.4 is 4.74 Å². The largest absolute Gasteiger partial charge is 0.405 e. The van der Waals surface area contributed by atoms with Gasteiger partial charge in [-0.15, -0.1) is 0 Å². The maximum absolute atomic E-state index is 10.8.